The number of pyridine rings is 1. The summed E-state index contributed by atoms with van der Waals surface area (Å²) in [6, 6.07) is 4.19. The molecule has 3 heteroatoms. The number of nitrogens with one attached hydrogen (secondary N) is 1. The molecule has 0 saturated carbocycles. The van der Waals surface area contributed by atoms with Crippen molar-refractivity contribution in [3.8, 4) is 12.3 Å². The Hall–Kier alpha value is -1.37. The van der Waals surface area contributed by atoms with Crippen molar-refractivity contribution in [3.63, 3.8) is 0 Å². The highest BCUT2D eigenvalue weighted by Gasteiger charge is 2.00. The molecule has 0 spiro atoms. The van der Waals surface area contributed by atoms with Crippen LogP contribution >= 0.6 is 0 Å². The van der Waals surface area contributed by atoms with Crippen molar-refractivity contribution in [1.82, 2.24) is 15.2 Å². The van der Waals surface area contributed by atoms with Crippen molar-refractivity contribution in [2.24, 2.45) is 5.92 Å². The Morgan fingerprint density at radius 3 is 2.78 bits per heavy atom. The summed E-state index contributed by atoms with van der Waals surface area (Å²) in [5.41, 5.74) is 2.28. The van der Waals surface area contributed by atoms with Crippen LogP contribution in [0.15, 0.2) is 18.3 Å². The zero-order valence-corrected chi connectivity index (χ0v) is 11.6. The van der Waals surface area contributed by atoms with Gasteiger partial charge in [0.05, 0.1) is 12.2 Å². The third kappa shape index (κ3) is 5.81. The van der Waals surface area contributed by atoms with E-state index in [0.717, 1.165) is 25.3 Å². The molecule has 0 atom stereocenters. The number of hydrogen-bond donors (Lipinski definition) is 1. The lowest BCUT2D eigenvalue weighted by molar-refractivity contribution is 0.364. The van der Waals surface area contributed by atoms with Crippen molar-refractivity contribution in [1.29, 1.82) is 0 Å². The first-order valence-corrected chi connectivity index (χ1v) is 6.38. The van der Waals surface area contributed by atoms with Crippen LogP contribution in [-0.4, -0.2) is 30.0 Å². The molecule has 98 valence electrons. The zero-order chi connectivity index (χ0) is 13.4. The Balaban J connectivity index is 2.40. The maximum atomic E-state index is 5.27. The van der Waals surface area contributed by atoms with E-state index in [9.17, 15) is 0 Å². The van der Waals surface area contributed by atoms with Gasteiger partial charge in [-0.3, -0.25) is 9.88 Å². The van der Waals surface area contributed by atoms with Crippen LogP contribution in [0.3, 0.4) is 0 Å². The predicted octanol–water partition coefficient (Wildman–Crippen LogP) is 1.89. The van der Waals surface area contributed by atoms with Gasteiger partial charge in [0, 0.05) is 19.3 Å². The van der Waals surface area contributed by atoms with E-state index >= 15 is 0 Å². The molecule has 0 unspecified atom stereocenters. The second-order valence-corrected chi connectivity index (χ2v) is 5.06. The highest BCUT2D eigenvalue weighted by Crippen LogP contribution is 2.03. The molecule has 1 rings (SSSR count). The molecule has 1 heterocycles. The van der Waals surface area contributed by atoms with E-state index in [4.69, 9.17) is 6.42 Å². The summed E-state index contributed by atoms with van der Waals surface area (Å²) in [7, 11) is 2.00. The Kier molecular flexibility index (Phi) is 6.42. The fourth-order valence-electron chi connectivity index (χ4n) is 1.65. The number of rotatable bonds is 7. The van der Waals surface area contributed by atoms with E-state index in [1.807, 2.05) is 13.2 Å². The fourth-order valence-corrected chi connectivity index (χ4v) is 1.65. The summed E-state index contributed by atoms with van der Waals surface area (Å²) in [6.45, 7) is 7.77. The second kappa shape index (κ2) is 7.86. The molecule has 1 aromatic rings. The van der Waals surface area contributed by atoms with Gasteiger partial charge in [-0.1, -0.05) is 25.8 Å². The highest BCUT2D eigenvalue weighted by atomic mass is 15.1. The second-order valence-electron chi connectivity index (χ2n) is 5.06. The third-order valence-corrected chi connectivity index (χ3v) is 2.56. The van der Waals surface area contributed by atoms with E-state index in [1.165, 1.54) is 5.56 Å². The molecule has 1 N–H and O–H groups in total. The third-order valence-electron chi connectivity index (χ3n) is 2.56. The zero-order valence-electron chi connectivity index (χ0n) is 11.6. The van der Waals surface area contributed by atoms with Crippen LogP contribution in [0.1, 0.15) is 25.1 Å². The molecule has 0 radical (unpaired) electrons. The lowest BCUT2D eigenvalue weighted by Gasteiger charge is -2.13. The van der Waals surface area contributed by atoms with Crippen molar-refractivity contribution in [2.45, 2.75) is 26.9 Å². The van der Waals surface area contributed by atoms with Crippen molar-refractivity contribution >= 4 is 0 Å². The number of nitrogens with zero attached hydrogens (tertiary/aromatic N) is 2. The molecule has 0 aliphatic carbocycles. The first-order chi connectivity index (χ1) is 8.61. The molecule has 0 aromatic carbocycles. The Morgan fingerprint density at radius 1 is 1.44 bits per heavy atom. The van der Waals surface area contributed by atoms with Gasteiger partial charge in [-0.2, -0.15) is 0 Å². The molecule has 0 aliphatic heterocycles. The molecule has 0 saturated heterocycles. The van der Waals surface area contributed by atoms with E-state index in [0.29, 0.717) is 12.5 Å². The fraction of sp³-hybridized carbons (Fsp3) is 0.533. The standard InChI is InChI=1S/C15H23N3/c1-5-8-18(4)12-15-7-6-14(11-17-15)10-16-9-13(2)3/h1,6-7,11,13,16H,8-10,12H2,2-4H3. The first kappa shape index (κ1) is 14.7. The quantitative estimate of drug-likeness (QED) is 0.744. The van der Waals surface area contributed by atoms with Gasteiger partial charge in [0.15, 0.2) is 0 Å². The smallest absolute Gasteiger partial charge is 0.0599 e. The van der Waals surface area contributed by atoms with Crippen LogP contribution in [0.4, 0.5) is 0 Å². The van der Waals surface area contributed by atoms with Crippen LogP contribution in [0.5, 0.6) is 0 Å². The maximum absolute atomic E-state index is 5.27. The van der Waals surface area contributed by atoms with E-state index in [-0.39, 0.29) is 0 Å². The first-order valence-electron chi connectivity index (χ1n) is 6.38. The molecule has 0 bridgehead atoms. The molecule has 0 amide bonds. The van der Waals surface area contributed by atoms with Crippen molar-refractivity contribution < 1.29 is 0 Å². The largest absolute Gasteiger partial charge is 0.312 e. The summed E-state index contributed by atoms with van der Waals surface area (Å²) >= 11 is 0. The summed E-state index contributed by atoms with van der Waals surface area (Å²) in [5.74, 6) is 3.30. The summed E-state index contributed by atoms with van der Waals surface area (Å²) in [6.07, 6.45) is 7.20. The van der Waals surface area contributed by atoms with Gasteiger partial charge >= 0.3 is 0 Å². The van der Waals surface area contributed by atoms with Gasteiger partial charge < -0.3 is 5.32 Å². The SMILES string of the molecule is C#CCN(C)Cc1ccc(CNCC(C)C)cn1. The van der Waals surface area contributed by atoms with Gasteiger partial charge in [0.2, 0.25) is 0 Å². The molecule has 3 nitrogen and oxygen atoms in total. The van der Waals surface area contributed by atoms with Crippen LogP contribution < -0.4 is 5.32 Å². The monoisotopic (exact) mass is 245 g/mol. The topological polar surface area (TPSA) is 28.2 Å². The molecular weight excluding hydrogens is 222 g/mol. The van der Waals surface area contributed by atoms with Gasteiger partial charge in [0.1, 0.15) is 0 Å². The average molecular weight is 245 g/mol. The van der Waals surface area contributed by atoms with Gasteiger partial charge in [-0.25, -0.2) is 0 Å². The molecule has 0 aliphatic rings. The summed E-state index contributed by atoms with van der Waals surface area (Å²) in [4.78, 5) is 6.52. The lowest BCUT2D eigenvalue weighted by atomic mass is 10.2. The van der Waals surface area contributed by atoms with Crippen LogP contribution in [0, 0.1) is 18.3 Å². The molecule has 18 heavy (non-hydrogen) atoms. The van der Waals surface area contributed by atoms with Gasteiger partial charge in [0.25, 0.3) is 0 Å². The summed E-state index contributed by atoms with van der Waals surface area (Å²) in [5, 5.41) is 3.40. The molecule has 1 aromatic heterocycles. The summed E-state index contributed by atoms with van der Waals surface area (Å²) < 4.78 is 0. The minimum Gasteiger partial charge on any atom is -0.312 e. The Morgan fingerprint density at radius 2 is 2.22 bits per heavy atom. The lowest BCUT2D eigenvalue weighted by Crippen LogP contribution is -2.20. The van der Waals surface area contributed by atoms with Crippen LogP contribution in [0.25, 0.3) is 0 Å². The minimum atomic E-state index is 0.652. The van der Waals surface area contributed by atoms with Crippen molar-refractivity contribution in [3.05, 3.63) is 29.6 Å². The Bertz CT molecular complexity index is 376. The van der Waals surface area contributed by atoms with Crippen LogP contribution in [-0.2, 0) is 13.1 Å². The van der Waals surface area contributed by atoms with E-state index < -0.39 is 0 Å². The van der Waals surface area contributed by atoms with Crippen molar-refractivity contribution in [2.75, 3.05) is 20.1 Å². The van der Waals surface area contributed by atoms with Gasteiger partial charge in [-0.05, 0) is 31.1 Å². The molecular formula is C15H23N3. The van der Waals surface area contributed by atoms with Crippen LogP contribution in [0.2, 0.25) is 0 Å². The number of hydrogen-bond acceptors (Lipinski definition) is 3. The predicted molar refractivity (Wildman–Crippen MR) is 75.9 cm³/mol. The normalized spacial score (nSPS) is 10.9. The van der Waals surface area contributed by atoms with E-state index in [1.54, 1.807) is 0 Å². The van der Waals surface area contributed by atoms with E-state index in [2.05, 4.69) is 47.1 Å². The van der Waals surface area contributed by atoms with Gasteiger partial charge in [-0.15, -0.1) is 6.42 Å². The average Bonchev–Trinajstić information content (AvgIpc) is 2.31. The number of terminal acetylenes is 1. The Labute approximate surface area is 111 Å². The maximum Gasteiger partial charge on any atom is 0.0599 e. The number of aromatic nitrogens is 1. The highest BCUT2D eigenvalue weighted by molar-refractivity contribution is 5.14. The molecule has 0 fully saturated rings. The minimum absolute atomic E-state index is 0.652.